The van der Waals surface area contributed by atoms with Gasteiger partial charge < -0.3 is 19.0 Å². The van der Waals surface area contributed by atoms with Crippen LogP contribution in [0.1, 0.15) is 47.6 Å². The van der Waals surface area contributed by atoms with Gasteiger partial charge in [-0.3, -0.25) is 9.36 Å². The lowest BCUT2D eigenvalue weighted by atomic mass is 9.84. The summed E-state index contributed by atoms with van der Waals surface area (Å²) in [4.78, 5) is 21.8. The quantitative estimate of drug-likeness (QED) is 0.421. The number of aromatic hydroxyl groups is 1. The highest BCUT2D eigenvalue weighted by Gasteiger charge is 2.32. The zero-order valence-corrected chi connectivity index (χ0v) is 19.8. The standard InChI is InChI=1S/C23H23N5O5S/c1-12-24-14(11-34-12)10-17-26-27-22(33-17)18-21(29)25-20(13-6-4-7-13)28(23(18)30)19-15(31-2)8-5-9-16(19)32-3/h5,8-9,11,13,30H,4,6-7,10H2,1-3H3. The van der Waals surface area contributed by atoms with Gasteiger partial charge in [0, 0.05) is 11.3 Å². The van der Waals surface area contributed by atoms with Crippen LogP contribution in [0.25, 0.3) is 17.1 Å². The van der Waals surface area contributed by atoms with Crippen LogP contribution in [0.15, 0.2) is 32.8 Å². The van der Waals surface area contributed by atoms with Gasteiger partial charge in [0.15, 0.2) is 5.56 Å². The van der Waals surface area contributed by atoms with Crippen molar-refractivity contribution < 1.29 is 19.0 Å². The van der Waals surface area contributed by atoms with E-state index in [2.05, 4.69) is 20.2 Å². The molecule has 4 aromatic rings. The number of rotatable bonds is 7. The van der Waals surface area contributed by atoms with E-state index >= 15 is 0 Å². The molecule has 0 amide bonds. The van der Waals surface area contributed by atoms with E-state index in [1.54, 1.807) is 18.2 Å². The molecule has 1 aliphatic rings. The Morgan fingerprint density at radius 1 is 1.18 bits per heavy atom. The SMILES string of the molecule is COc1cccc(OC)c1-n1c(C2CCC2)nc(=O)c(-c2nnc(Cc3csc(C)n3)o2)c1O. The largest absolute Gasteiger partial charge is 0.494 e. The lowest BCUT2D eigenvalue weighted by Gasteiger charge is -2.29. The number of benzene rings is 1. The highest BCUT2D eigenvalue weighted by atomic mass is 32.1. The number of hydrogen-bond donors (Lipinski definition) is 1. The minimum atomic E-state index is -0.635. The molecule has 1 fully saturated rings. The summed E-state index contributed by atoms with van der Waals surface area (Å²) in [6, 6.07) is 5.28. The molecule has 0 unspecified atom stereocenters. The molecule has 3 aromatic heterocycles. The molecular weight excluding hydrogens is 458 g/mol. The fourth-order valence-electron chi connectivity index (χ4n) is 4.00. The van der Waals surface area contributed by atoms with E-state index in [9.17, 15) is 9.90 Å². The number of ether oxygens (including phenoxy) is 2. The lowest BCUT2D eigenvalue weighted by molar-refractivity contribution is 0.357. The van der Waals surface area contributed by atoms with Crippen molar-refractivity contribution in [2.75, 3.05) is 14.2 Å². The summed E-state index contributed by atoms with van der Waals surface area (Å²) in [5.74, 6) is 1.19. The number of nitrogens with zero attached hydrogens (tertiary/aromatic N) is 5. The molecule has 0 aliphatic heterocycles. The molecular formula is C23H23N5O5S. The fraction of sp³-hybridized carbons (Fsp3) is 0.348. The van der Waals surface area contributed by atoms with Gasteiger partial charge in [-0.05, 0) is 31.9 Å². The third-order valence-corrected chi connectivity index (χ3v) is 6.69. The first-order valence-electron chi connectivity index (χ1n) is 10.8. The van der Waals surface area contributed by atoms with Crippen LogP contribution in [0.4, 0.5) is 0 Å². The number of hydrogen-bond acceptors (Lipinski definition) is 10. The molecule has 1 N–H and O–H groups in total. The molecule has 176 valence electrons. The van der Waals surface area contributed by atoms with Gasteiger partial charge in [-0.25, -0.2) is 4.98 Å². The predicted molar refractivity (Wildman–Crippen MR) is 124 cm³/mol. The van der Waals surface area contributed by atoms with Crippen molar-refractivity contribution >= 4 is 11.3 Å². The summed E-state index contributed by atoms with van der Waals surface area (Å²) in [6.45, 7) is 1.91. The van der Waals surface area contributed by atoms with Gasteiger partial charge in [0.1, 0.15) is 23.0 Å². The third-order valence-electron chi connectivity index (χ3n) is 5.87. The van der Waals surface area contributed by atoms with Crippen LogP contribution < -0.4 is 15.0 Å². The highest BCUT2D eigenvalue weighted by molar-refractivity contribution is 7.09. The van der Waals surface area contributed by atoms with Gasteiger partial charge in [-0.1, -0.05) is 12.5 Å². The molecule has 0 radical (unpaired) electrons. The highest BCUT2D eigenvalue weighted by Crippen LogP contribution is 2.43. The molecule has 1 aliphatic carbocycles. The minimum Gasteiger partial charge on any atom is -0.494 e. The Balaban J connectivity index is 1.67. The van der Waals surface area contributed by atoms with E-state index in [1.807, 2.05) is 12.3 Å². The summed E-state index contributed by atoms with van der Waals surface area (Å²) >= 11 is 1.52. The Morgan fingerprint density at radius 2 is 1.91 bits per heavy atom. The first-order chi connectivity index (χ1) is 16.5. The number of para-hydroxylation sites is 1. The number of aromatic nitrogens is 5. The molecule has 0 bridgehead atoms. The zero-order chi connectivity index (χ0) is 23.8. The summed E-state index contributed by atoms with van der Waals surface area (Å²) < 4.78 is 18.4. The summed E-state index contributed by atoms with van der Waals surface area (Å²) in [6.07, 6.45) is 3.07. The number of methoxy groups -OCH3 is 2. The number of aryl methyl sites for hydroxylation is 1. The van der Waals surface area contributed by atoms with Gasteiger partial charge in [-0.15, -0.1) is 21.5 Å². The Labute approximate surface area is 198 Å². The maximum Gasteiger partial charge on any atom is 0.289 e. The van der Waals surface area contributed by atoms with Crippen molar-refractivity contribution in [2.45, 2.75) is 38.5 Å². The van der Waals surface area contributed by atoms with Crippen LogP contribution in [0.2, 0.25) is 0 Å². The van der Waals surface area contributed by atoms with E-state index in [1.165, 1.54) is 30.1 Å². The molecule has 0 spiro atoms. The monoisotopic (exact) mass is 481 g/mol. The summed E-state index contributed by atoms with van der Waals surface area (Å²) in [5, 5.41) is 22.3. The van der Waals surface area contributed by atoms with Gasteiger partial charge in [0.2, 0.25) is 11.8 Å². The van der Waals surface area contributed by atoms with Crippen molar-refractivity contribution in [2.24, 2.45) is 0 Å². The molecule has 34 heavy (non-hydrogen) atoms. The maximum absolute atomic E-state index is 13.1. The molecule has 5 rings (SSSR count). The maximum atomic E-state index is 13.1. The van der Waals surface area contributed by atoms with Crippen molar-refractivity contribution in [1.82, 2.24) is 24.7 Å². The molecule has 1 saturated carbocycles. The first kappa shape index (κ1) is 22.1. The van der Waals surface area contributed by atoms with E-state index < -0.39 is 5.56 Å². The Bertz CT molecular complexity index is 1380. The zero-order valence-electron chi connectivity index (χ0n) is 18.9. The second-order valence-electron chi connectivity index (χ2n) is 7.98. The van der Waals surface area contributed by atoms with Crippen LogP contribution in [0, 0.1) is 6.92 Å². The van der Waals surface area contributed by atoms with Crippen molar-refractivity contribution in [3.05, 3.63) is 56.3 Å². The average Bonchev–Trinajstić information content (AvgIpc) is 3.41. The molecule has 3 heterocycles. The van der Waals surface area contributed by atoms with Gasteiger partial charge >= 0.3 is 0 Å². The van der Waals surface area contributed by atoms with Crippen molar-refractivity contribution in [1.29, 1.82) is 0 Å². The molecule has 10 nitrogen and oxygen atoms in total. The average molecular weight is 482 g/mol. The van der Waals surface area contributed by atoms with Gasteiger partial charge in [0.05, 0.1) is 31.3 Å². The summed E-state index contributed by atoms with van der Waals surface area (Å²) in [7, 11) is 3.05. The Kier molecular flexibility index (Phi) is 5.78. The Hall–Kier alpha value is -3.73. The minimum absolute atomic E-state index is 0.0217. The van der Waals surface area contributed by atoms with Crippen molar-refractivity contribution in [3.63, 3.8) is 0 Å². The lowest BCUT2D eigenvalue weighted by Crippen LogP contribution is -2.25. The molecule has 0 saturated heterocycles. The van der Waals surface area contributed by atoms with E-state index in [0.29, 0.717) is 29.4 Å². The third kappa shape index (κ3) is 3.81. The topological polar surface area (TPSA) is 125 Å². The molecule has 1 aromatic carbocycles. The summed E-state index contributed by atoms with van der Waals surface area (Å²) in [5.41, 5.74) is 0.420. The molecule has 0 atom stereocenters. The predicted octanol–water partition coefficient (Wildman–Crippen LogP) is 3.63. The van der Waals surface area contributed by atoms with Crippen LogP contribution >= 0.6 is 11.3 Å². The van der Waals surface area contributed by atoms with Crippen LogP contribution in [-0.2, 0) is 6.42 Å². The van der Waals surface area contributed by atoms with Gasteiger partial charge in [0.25, 0.3) is 11.4 Å². The second kappa shape index (κ2) is 8.90. The van der Waals surface area contributed by atoms with Crippen LogP contribution in [0.3, 0.4) is 0 Å². The molecule has 11 heteroatoms. The normalized spacial score (nSPS) is 13.6. The van der Waals surface area contributed by atoms with Crippen LogP contribution in [-0.4, -0.2) is 44.1 Å². The second-order valence-corrected chi connectivity index (χ2v) is 9.05. The van der Waals surface area contributed by atoms with Crippen molar-refractivity contribution in [3.8, 4) is 34.5 Å². The van der Waals surface area contributed by atoms with Gasteiger partial charge in [-0.2, -0.15) is 4.98 Å². The Morgan fingerprint density at radius 3 is 2.50 bits per heavy atom. The first-order valence-corrected chi connectivity index (χ1v) is 11.7. The van der Waals surface area contributed by atoms with E-state index in [-0.39, 0.29) is 29.1 Å². The van der Waals surface area contributed by atoms with E-state index in [4.69, 9.17) is 13.9 Å². The van der Waals surface area contributed by atoms with E-state index in [0.717, 1.165) is 30.0 Å². The smallest absolute Gasteiger partial charge is 0.289 e. The number of thiazole rings is 1. The van der Waals surface area contributed by atoms with Crippen LogP contribution in [0.5, 0.6) is 17.4 Å². The fourth-order valence-corrected chi connectivity index (χ4v) is 4.61.